The summed E-state index contributed by atoms with van der Waals surface area (Å²) in [6, 6.07) is 4.54. The van der Waals surface area contributed by atoms with Crippen molar-refractivity contribution >= 4 is 28.4 Å². The van der Waals surface area contributed by atoms with E-state index < -0.39 is 5.82 Å². The van der Waals surface area contributed by atoms with Crippen LogP contribution in [0.1, 0.15) is 22.8 Å². The van der Waals surface area contributed by atoms with Crippen molar-refractivity contribution in [1.29, 1.82) is 5.26 Å². The number of halogens is 2. The van der Waals surface area contributed by atoms with Gasteiger partial charge in [0.25, 0.3) is 0 Å². The van der Waals surface area contributed by atoms with Gasteiger partial charge in [0.1, 0.15) is 5.82 Å². The first-order valence-electron chi connectivity index (χ1n) is 3.46. The summed E-state index contributed by atoms with van der Waals surface area (Å²) in [6.45, 7) is 1.27. The predicted octanol–water partition coefficient (Wildman–Crippen LogP) is 2.50. The molecule has 0 unspecified atom stereocenters. The van der Waals surface area contributed by atoms with Crippen molar-refractivity contribution in [3.05, 3.63) is 32.6 Å². The second-order valence-electron chi connectivity index (χ2n) is 2.49. The number of nitriles is 1. The van der Waals surface area contributed by atoms with Gasteiger partial charge in [0.2, 0.25) is 0 Å². The Labute approximate surface area is 88.5 Å². The van der Waals surface area contributed by atoms with Crippen LogP contribution < -0.4 is 0 Å². The van der Waals surface area contributed by atoms with E-state index >= 15 is 0 Å². The van der Waals surface area contributed by atoms with Crippen molar-refractivity contribution in [2.75, 3.05) is 0 Å². The summed E-state index contributed by atoms with van der Waals surface area (Å²) in [5.41, 5.74) is 0.277. The van der Waals surface area contributed by atoms with Crippen LogP contribution in [0.3, 0.4) is 0 Å². The van der Waals surface area contributed by atoms with Gasteiger partial charge in [0.15, 0.2) is 5.78 Å². The molecule has 0 amide bonds. The molecule has 0 bridgehead atoms. The van der Waals surface area contributed by atoms with Gasteiger partial charge in [0.05, 0.1) is 20.8 Å². The predicted molar refractivity (Wildman–Crippen MR) is 53.8 cm³/mol. The van der Waals surface area contributed by atoms with Gasteiger partial charge in [-0.15, -0.1) is 0 Å². The molecular formula is C9H5FINO. The minimum atomic E-state index is -0.549. The minimum absolute atomic E-state index is 0.0246. The van der Waals surface area contributed by atoms with E-state index in [1.165, 1.54) is 19.1 Å². The average Bonchev–Trinajstić information content (AvgIpc) is 2.09. The molecular weight excluding hydrogens is 284 g/mol. The van der Waals surface area contributed by atoms with Gasteiger partial charge in [-0.3, -0.25) is 4.79 Å². The summed E-state index contributed by atoms with van der Waals surface area (Å²) < 4.78 is 13.5. The van der Waals surface area contributed by atoms with Crippen LogP contribution in [0, 0.1) is 20.7 Å². The van der Waals surface area contributed by atoms with E-state index in [2.05, 4.69) is 0 Å². The van der Waals surface area contributed by atoms with Gasteiger partial charge < -0.3 is 0 Å². The molecule has 13 heavy (non-hydrogen) atoms. The van der Waals surface area contributed by atoms with Crippen LogP contribution in [-0.4, -0.2) is 5.78 Å². The molecule has 0 saturated carbocycles. The number of rotatable bonds is 1. The number of nitrogens with zero attached hydrogens (tertiary/aromatic N) is 1. The molecule has 0 radical (unpaired) electrons. The molecule has 1 aromatic rings. The van der Waals surface area contributed by atoms with Crippen molar-refractivity contribution in [2.45, 2.75) is 6.92 Å². The molecule has 4 heteroatoms. The zero-order chi connectivity index (χ0) is 10.0. The zero-order valence-corrected chi connectivity index (χ0v) is 8.92. The number of carbonyl (C=O) groups excluding carboxylic acids is 1. The lowest BCUT2D eigenvalue weighted by Crippen LogP contribution is -2.00. The first-order chi connectivity index (χ1) is 6.06. The lowest BCUT2D eigenvalue weighted by atomic mass is 10.1. The van der Waals surface area contributed by atoms with Crippen LogP contribution in [0.15, 0.2) is 12.1 Å². The fourth-order valence-electron chi connectivity index (χ4n) is 0.910. The van der Waals surface area contributed by atoms with E-state index in [1.54, 1.807) is 22.6 Å². The molecule has 1 aromatic carbocycles. The Bertz CT molecular complexity index is 409. The lowest BCUT2D eigenvalue weighted by molar-refractivity contribution is 0.101. The molecule has 66 valence electrons. The highest BCUT2D eigenvalue weighted by atomic mass is 127. The first-order valence-corrected chi connectivity index (χ1v) is 4.54. The van der Waals surface area contributed by atoms with Gasteiger partial charge in [-0.2, -0.15) is 5.26 Å². The third-order valence-corrected chi connectivity index (χ3v) is 2.32. The normalized spacial score (nSPS) is 9.38. The third-order valence-electron chi connectivity index (χ3n) is 1.54. The van der Waals surface area contributed by atoms with Crippen molar-refractivity contribution in [2.24, 2.45) is 0 Å². The van der Waals surface area contributed by atoms with Crippen LogP contribution in [0.25, 0.3) is 0 Å². The van der Waals surface area contributed by atoms with E-state index in [9.17, 15) is 9.18 Å². The molecule has 0 saturated heterocycles. The van der Waals surface area contributed by atoms with Crippen molar-refractivity contribution in [1.82, 2.24) is 0 Å². The number of hydrogen-bond acceptors (Lipinski definition) is 2. The highest BCUT2D eigenvalue weighted by molar-refractivity contribution is 14.1. The number of benzene rings is 1. The van der Waals surface area contributed by atoms with Crippen LogP contribution in [0.5, 0.6) is 0 Å². The van der Waals surface area contributed by atoms with Crippen LogP contribution in [0.4, 0.5) is 4.39 Å². The van der Waals surface area contributed by atoms with Crippen molar-refractivity contribution < 1.29 is 9.18 Å². The smallest absolute Gasteiger partial charge is 0.162 e. The molecule has 0 spiro atoms. The fourth-order valence-corrected chi connectivity index (χ4v) is 1.54. The van der Waals surface area contributed by atoms with Gasteiger partial charge in [-0.25, -0.2) is 4.39 Å². The van der Waals surface area contributed by atoms with Gasteiger partial charge >= 0.3 is 0 Å². The lowest BCUT2D eigenvalue weighted by Gasteiger charge is -2.01. The number of ketones is 1. The largest absolute Gasteiger partial charge is 0.294 e. The van der Waals surface area contributed by atoms with Gasteiger partial charge in [0, 0.05) is 0 Å². The fraction of sp³-hybridized carbons (Fsp3) is 0.111. The van der Waals surface area contributed by atoms with Crippen molar-refractivity contribution in [3.63, 3.8) is 0 Å². The Morgan fingerprint density at radius 2 is 2.23 bits per heavy atom. The van der Waals surface area contributed by atoms with Crippen LogP contribution in [0.2, 0.25) is 0 Å². The Morgan fingerprint density at radius 1 is 1.62 bits per heavy atom. The molecule has 0 N–H and O–H groups in total. The molecule has 0 aliphatic rings. The first kappa shape index (κ1) is 10.1. The summed E-state index contributed by atoms with van der Waals surface area (Å²) in [7, 11) is 0. The minimum Gasteiger partial charge on any atom is -0.294 e. The monoisotopic (exact) mass is 289 g/mol. The molecule has 0 aliphatic heterocycles. The van der Waals surface area contributed by atoms with E-state index in [0.29, 0.717) is 9.13 Å². The second-order valence-corrected chi connectivity index (χ2v) is 3.65. The second kappa shape index (κ2) is 3.83. The third kappa shape index (κ3) is 2.04. The summed E-state index contributed by atoms with van der Waals surface area (Å²) in [5.74, 6) is -0.917. The molecule has 0 fully saturated rings. The SMILES string of the molecule is CC(=O)c1cc(C#N)cc(I)c1F. The maximum Gasteiger partial charge on any atom is 0.162 e. The number of hydrogen-bond donors (Lipinski definition) is 0. The zero-order valence-electron chi connectivity index (χ0n) is 6.77. The maximum atomic E-state index is 13.2. The average molecular weight is 289 g/mol. The quantitative estimate of drug-likeness (QED) is 0.588. The summed E-state index contributed by atoms with van der Waals surface area (Å²) in [5, 5.41) is 8.57. The van der Waals surface area contributed by atoms with Gasteiger partial charge in [-0.05, 0) is 41.6 Å². The topological polar surface area (TPSA) is 40.9 Å². The molecule has 0 aromatic heterocycles. The highest BCUT2D eigenvalue weighted by Crippen LogP contribution is 2.18. The Hall–Kier alpha value is -0.960. The van der Waals surface area contributed by atoms with Gasteiger partial charge in [-0.1, -0.05) is 0 Å². The Morgan fingerprint density at radius 3 is 2.69 bits per heavy atom. The maximum absolute atomic E-state index is 13.2. The summed E-state index contributed by atoms with van der Waals surface area (Å²) in [6.07, 6.45) is 0. The highest BCUT2D eigenvalue weighted by Gasteiger charge is 2.12. The molecule has 1 rings (SSSR count). The molecule has 0 heterocycles. The van der Waals surface area contributed by atoms with Crippen molar-refractivity contribution in [3.8, 4) is 6.07 Å². The summed E-state index contributed by atoms with van der Waals surface area (Å²) in [4.78, 5) is 10.9. The molecule has 0 aliphatic carbocycles. The Balaban J connectivity index is 3.44. The van der Waals surface area contributed by atoms with E-state index in [0.717, 1.165) is 0 Å². The van der Waals surface area contributed by atoms with Crippen LogP contribution in [-0.2, 0) is 0 Å². The molecule has 2 nitrogen and oxygen atoms in total. The summed E-state index contributed by atoms with van der Waals surface area (Å²) >= 11 is 1.75. The van der Waals surface area contributed by atoms with E-state index in [4.69, 9.17) is 5.26 Å². The van der Waals surface area contributed by atoms with Crippen LogP contribution >= 0.6 is 22.6 Å². The van der Waals surface area contributed by atoms with E-state index in [1.807, 2.05) is 6.07 Å². The Kier molecular flexibility index (Phi) is 2.98. The molecule has 0 atom stereocenters. The van der Waals surface area contributed by atoms with E-state index in [-0.39, 0.29) is 11.3 Å². The standard InChI is InChI=1S/C9H5FINO/c1-5(13)7-2-6(4-12)3-8(11)9(7)10/h2-3H,1H3. The number of Topliss-reactive ketones (excluding diaryl/α,β-unsaturated/α-hetero) is 1. The number of carbonyl (C=O) groups is 1.